The molecule has 3 aromatic rings. The molecule has 1 aliphatic rings. The number of benzene rings is 1. The smallest absolute Gasteiger partial charge is 0.254 e. The van der Waals surface area contributed by atoms with Crippen molar-refractivity contribution in [3.05, 3.63) is 53.3 Å². The van der Waals surface area contributed by atoms with Gasteiger partial charge in [-0.3, -0.25) is 4.79 Å². The van der Waals surface area contributed by atoms with Gasteiger partial charge in [0.05, 0.1) is 0 Å². The van der Waals surface area contributed by atoms with E-state index in [1.165, 1.54) is 0 Å². The second kappa shape index (κ2) is 6.09. The molecule has 0 atom stereocenters. The van der Waals surface area contributed by atoms with Crippen LogP contribution in [0.5, 0.6) is 0 Å². The van der Waals surface area contributed by atoms with Gasteiger partial charge in [0.1, 0.15) is 12.1 Å². The molecule has 1 saturated heterocycles. The second-order valence-electron chi connectivity index (χ2n) is 5.61. The summed E-state index contributed by atoms with van der Waals surface area (Å²) in [5.41, 5.74) is 1.34. The Bertz CT molecular complexity index is 887. The van der Waals surface area contributed by atoms with Crippen molar-refractivity contribution in [1.82, 2.24) is 24.7 Å². The molecule has 8 heteroatoms. The number of hydrogen-bond donors (Lipinski definition) is 0. The molecule has 0 radical (unpaired) electrons. The first-order valence-electron chi connectivity index (χ1n) is 7.67. The molecule has 7 nitrogen and oxygen atoms in total. The van der Waals surface area contributed by atoms with Crippen LogP contribution in [0.3, 0.4) is 0 Å². The van der Waals surface area contributed by atoms with Gasteiger partial charge in [-0.05, 0) is 30.3 Å². The quantitative estimate of drug-likeness (QED) is 0.709. The first-order chi connectivity index (χ1) is 11.7. The monoisotopic (exact) mass is 342 g/mol. The zero-order chi connectivity index (χ0) is 16.5. The van der Waals surface area contributed by atoms with Crippen LogP contribution in [-0.2, 0) is 0 Å². The molecule has 1 fully saturated rings. The van der Waals surface area contributed by atoms with E-state index in [4.69, 9.17) is 11.6 Å². The lowest BCUT2D eigenvalue weighted by molar-refractivity contribution is 0.0746. The fourth-order valence-electron chi connectivity index (χ4n) is 2.83. The Balaban J connectivity index is 1.45. The van der Waals surface area contributed by atoms with Crippen LogP contribution in [0.15, 0.2) is 42.7 Å². The number of piperazine rings is 1. The average Bonchev–Trinajstić information content (AvgIpc) is 3.09. The third-order valence-electron chi connectivity index (χ3n) is 4.11. The molecule has 122 valence electrons. The molecule has 4 rings (SSSR count). The zero-order valence-corrected chi connectivity index (χ0v) is 13.6. The van der Waals surface area contributed by atoms with E-state index in [0.717, 1.165) is 18.9 Å². The van der Waals surface area contributed by atoms with E-state index in [1.807, 2.05) is 17.0 Å². The largest absolute Gasteiger partial charge is 0.352 e. The van der Waals surface area contributed by atoms with E-state index in [9.17, 15) is 4.79 Å². The summed E-state index contributed by atoms with van der Waals surface area (Å²) in [6.45, 7) is 2.75. The van der Waals surface area contributed by atoms with Crippen molar-refractivity contribution in [1.29, 1.82) is 0 Å². The fourth-order valence-corrected chi connectivity index (χ4v) is 3.02. The van der Waals surface area contributed by atoms with Crippen LogP contribution in [0.1, 0.15) is 10.4 Å². The summed E-state index contributed by atoms with van der Waals surface area (Å²) in [5.74, 6) is 0.872. The second-order valence-corrected chi connectivity index (χ2v) is 6.05. The number of carbonyl (C=O) groups is 1. The number of amides is 1. The molecule has 24 heavy (non-hydrogen) atoms. The van der Waals surface area contributed by atoms with E-state index < -0.39 is 0 Å². The Morgan fingerprint density at radius 2 is 1.92 bits per heavy atom. The van der Waals surface area contributed by atoms with Gasteiger partial charge >= 0.3 is 0 Å². The molecule has 1 amide bonds. The zero-order valence-electron chi connectivity index (χ0n) is 12.8. The van der Waals surface area contributed by atoms with Gasteiger partial charge in [0.25, 0.3) is 5.91 Å². The molecule has 0 saturated carbocycles. The molecule has 0 aliphatic carbocycles. The van der Waals surface area contributed by atoms with Crippen LogP contribution in [-0.4, -0.2) is 56.8 Å². The van der Waals surface area contributed by atoms with Crippen LogP contribution < -0.4 is 4.90 Å². The van der Waals surface area contributed by atoms with Crippen molar-refractivity contribution in [3.8, 4) is 0 Å². The maximum absolute atomic E-state index is 12.5. The predicted molar refractivity (Wildman–Crippen MR) is 90.4 cm³/mol. The summed E-state index contributed by atoms with van der Waals surface area (Å²) < 4.78 is 1.65. The Morgan fingerprint density at radius 3 is 2.71 bits per heavy atom. The number of rotatable bonds is 2. The summed E-state index contributed by atoms with van der Waals surface area (Å²) >= 11 is 5.97. The Hall–Kier alpha value is -2.67. The first kappa shape index (κ1) is 14.9. The molecule has 2 aromatic heterocycles. The highest BCUT2D eigenvalue weighted by Gasteiger charge is 2.23. The van der Waals surface area contributed by atoms with E-state index in [0.29, 0.717) is 29.3 Å². The Kier molecular flexibility index (Phi) is 3.78. The van der Waals surface area contributed by atoms with Crippen molar-refractivity contribution in [2.24, 2.45) is 0 Å². The minimum Gasteiger partial charge on any atom is -0.352 e. The third kappa shape index (κ3) is 2.78. The highest BCUT2D eigenvalue weighted by Crippen LogP contribution is 2.17. The van der Waals surface area contributed by atoms with Crippen molar-refractivity contribution in [2.75, 3.05) is 31.1 Å². The number of hydrogen-bond acceptors (Lipinski definition) is 5. The summed E-state index contributed by atoms with van der Waals surface area (Å²) in [6.07, 6.45) is 1.58. The molecular weight excluding hydrogens is 328 g/mol. The van der Waals surface area contributed by atoms with E-state index in [-0.39, 0.29) is 5.91 Å². The van der Waals surface area contributed by atoms with E-state index in [1.54, 1.807) is 35.1 Å². The summed E-state index contributed by atoms with van der Waals surface area (Å²) in [7, 11) is 0. The molecule has 0 bridgehead atoms. The van der Waals surface area contributed by atoms with E-state index in [2.05, 4.69) is 20.2 Å². The summed E-state index contributed by atoms with van der Waals surface area (Å²) in [4.78, 5) is 16.5. The highest BCUT2D eigenvalue weighted by molar-refractivity contribution is 6.30. The van der Waals surface area contributed by atoms with Crippen LogP contribution in [0.2, 0.25) is 5.02 Å². The van der Waals surface area contributed by atoms with Gasteiger partial charge in [-0.1, -0.05) is 17.7 Å². The average molecular weight is 343 g/mol. The number of aromatic nitrogens is 4. The van der Waals surface area contributed by atoms with Crippen molar-refractivity contribution < 1.29 is 4.79 Å². The number of fused-ring (bicyclic) bond motifs is 1. The maximum atomic E-state index is 12.5. The lowest BCUT2D eigenvalue weighted by atomic mass is 10.2. The van der Waals surface area contributed by atoms with E-state index >= 15 is 0 Å². The molecule has 0 spiro atoms. The van der Waals surface area contributed by atoms with Gasteiger partial charge in [-0.2, -0.15) is 4.52 Å². The fraction of sp³-hybridized carbons (Fsp3) is 0.250. The number of anilines is 1. The summed E-state index contributed by atoms with van der Waals surface area (Å²) in [5, 5.41) is 12.9. The van der Waals surface area contributed by atoms with Gasteiger partial charge in [-0.25, -0.2) is 0 Å². The Labute approximate surface area is 143 Å². The standard InChI is InChI=1S/C16H15ClN6O/c17-13-3-1-2-12(10-13)16(24)22-8-6-21(7-9-22)15-5-4-14-19-18-11-23(14)20-15/h1-5,10-11H,6-9H2. The SMILES string of the molecule is O=C(c1cccc(Cl)c1)N1CCN(c2ccc3nncn3n2)CC1. The van der Waals surface area contributed by atoms with Crippen molar-refractivity contribution in [3.63, 3.8) is 0 Å². The molecule has 0 N–H and O–H groups in total. The van der Waals surface area contributed by atoms with Gasteiger partial charge in [0.15, 0.2) is 5.65 Å². The molecular formula is C16H15ClN6O. The lowest BCUT2D eigenvalue weighted by Crippen LogP contribution is -2.49. The minimum atomic E-state index is 0.0133. The van der Waals surface area contributed by atoms with Crippen LogP contribution in [0.4, 0.5) is 5.82 Å². The summed E-state index contributed by atoms with van der Waals surface area (Å²) in [6, 6.07) is 10.9. The topological polar surface area (TPSA) is 66.6 Å². The van der Waals surface area contributed by atoms with Gasteiger partial charge in [0.2, 0.25) is 0 Å². The van der Waals surface area contributed by atoms with Crippen molar-refractivity contribution in [2.45, 2.75) is 0 Å². The van der Waals surface area contributed by atoms with Crippen LogP contribution >= 0.6 is 11.6 Å². The van der Waals surface area contributed by atoms with Gasteiger partial charge in [-0.15, -0.1) is 15.3 Å². The maximum Gasteiger partial charge on any atom is 0.254 e. The number of halogens is 1. The Morgan fingerprint density at radius 1 is 1.08 bits per heavy atom. The van der Waals surface area contributed by atoms with Crippen LogP contribution in [0, 0.1) is 0 Å². The third-order valence-corrected chi connectivity index (χ3v) is 4.35. The molecule has 1 aliphatic heterocycles. The van der Waals surface area contributed by atoms with Crippen molar-refractivity contribution >= 4 is 29.0 Å². The predicted octanol–water partition coefficient (Wildman–Crippen LogP) is 1.74. The lowest BCUT2D eigenvalue weighted by Gasteiger charge is -2.35. The molecule has 0 unspecified atom stereocenters. The normalized spacial score (nSPS) is 15.0. The molecule has 3 heterocycles. The van der Waals surface area contributed by atoms with Gasteiger partial charge in [0, 0.05) is 36.8 Å². The first-order valence-corrected chi connectivity index (χ1v) is 8.05. The number of carbonyl (C=O) groups excluding carboxylic acids is 1. The van der Waals surface area contributed by atoms with Gasteiger partial charge < -0.3 is 9.80 Å². The number of nitrogens with zero attached hydrogens (tertiary/aromatic N) is 6. The van der Waals surface area contributed by atoms with Crippen LogP contribution in [0.25, 0.3) is 5.65 Å². The minimum absolute atomic E-state index is 0.0133. The highest BCUT2D eigenvalue weighted by atomic mass is 35.5. The molecule has 1 aromatic carbocycles.